The van der Waals surface area contributed by atoms with Crippen LogP contribution in [0.1, 0.15) is 0 Å². The van der Waals surface area contributed by atoms with Crippen LogP contribution in [0.5, 0.6) is 0 Å². The fourth-order valence-electron chi connectivity index (χ4n) is 2.46. The van der Waals surface area contributed by atoms with Crippen molar-refractivity contribution in [3.8, 4) is 0 Å². The maximum absolute atomic E-state index is 11.7. The number of nitrogens with zero attached hydrogens (tertiary/aromatic N) is 4. The van der Waals surface area contributed by atoms with Crippen molar-refractivity contribution in [3.05, 3.63) is 69.4 Å². The van der Waals surface area contributed by atoms with E-state index in [2.05, 4.69) is 41.5 Å². The molecule has 2 aromatic carbocycles. The number of nitro groups is 1. The molecular formula is C17H11BrN6O2S. The number of benzene rings is 2. The van der Waals surface area contributed by atoms with E-state index in [1.807, 2.05) is 36.4 Å². The van der Waals surface area contributed by atoms with Gasteiger partial charge in [-0.15, -0.1) is 0 Å². The minimum Gasteiger partial charge on any atom is -0.334 e. The molecule has 27 heavy (non-hydrogen) atoms. The summed E-state index contributed by atoms with van der Waals surface area (Å²) in [5, 5.41) is 18.1. The van der Waals surface area contributed by atoms with Crippen molar-refractivity contribution >= 4 is 65.6 Å². The predicted molar refractivity (Wildman–Crippen MR) is 109 cm³/mol. The van der Waals surface area contributed by atoms with Gasteiger partial charge < -0.3 is 10.6 Å². The van der Waals surface area contributed by atoms with Crippen LogP contribution in [0.3, 0.4) is 0 Å². The molecule has 4 rings (SSSR count). The highest BCUT2D eigenvalue weighted by Gasteiger charge is 2.24. The van der Waals surface area contributed by atoms with E-state index >= 15 is 0 Å². The molecule has 2 aromatic heterocycles. The summed E-state index contributed by atoms with van der Waals surface area (Å²) in [6, 6.07) is 14.9. The third-order valence-corrected chi connectivity index (χ3v) is 5.06. The molecule has 134 valence electrons. The quantitative estimate of drug-likeness (QED) is 0.321. The molecule has 0 aliphatic rings. The molecule has 4 aromatic rings. The summed E-state index contributed by atoms with van der Waals surface area (Å²) < 4.78 is 1.82. The smallest absolute Gasteiger partial charge is 0.334 e. The fraction of sp³-hybridized carbons (Fsp3) is 0. The second-order valence-electron chi connectivity index (χ2n) is 5.42. The van der Waals surface area contributed by atoms with E-state index < -0.39 is 4.92 Å². The molecule has 0 saturated carbocycles. The lowest BCUT2D eigenvalue weighted by Gasteiger charge is -2.09. The van der Waals surface area contributed by atoms with Crippen LogP contribution in [0.2, 0.25) is 0 Å². The highest BCUT2D eigenvalue weighted by Crippen LogP contribution is 2.35. The third-order valence-electron chi connectivity index (χ3n) is 3.61. The van der Waals surface area contributed by atoms with Gasteiger partial charge in [-0.3, -0.25) is 10.1 Å². The minimum absolute atomic E-state index is 0.0755. The maximum atomic E-state index is 11.7. The second kappa shape index (κ2) is 7.25. The number of anilines is 4. The van der Waals surface area contributed by atoms with Crippen LogP contribution >= 0.6 is 27.3 Å². The standard InChI is InChI=1S/C17H11BrN6O2S/c18-10-4-3-5-11(8-10)21-15-14(24(25)26)16(20-9-19-15)23-17-22-12-6-1-2-7-13(12)27-17/h1-9H,(H2,19,20,21,22,23). The van der Waals surface area contributed by atoms with Gasteiger partial charge >= 0.3 is 5.69 Å². The van der Waals surface area contributed by atoms with E-state index in [1.54, 1.807) is 12.1 Å². The lowest BCUT2D eigenvalue weighted by atomic mass is 10.3. The number of rotatable bonds is 5. The minimum atomic E-state index is -0.518. The summed E-state index contributed by atoms with van der Waals surface area (Å²) in [6.07, 6.45) is 1.27. The van der Waals surface area contributed by atoms with Crippen molar-refractivity contribution in [1.82, 2.24) is 15.0 Å². The molecule has 2 heterocycles. The highest BCUT2D eigenvalue weighted by atomic mass is 79.9. The van der Waals surface area contributed by atoms with Gasteiger partial charge in [-0.05, 0) is 30.3 Å². The molecule has 0 amide bonds. The Balaban J connectivity index is 1.71. The monoisotopic (exact) mass is 442 g/mol. The van der Waals surface area contributed by atoms with Crippen LogP contribution < -0.4 is 10.6 Å². The van der Waals surface area contributed by atoms with Crippen molar-refractivity contribution in [2.45, 2.75) is 0 Å². The molecule has 0 spiro atoms. The molecule has 0 aliphatic heterocycles. The Morgan fingerprint density at radius 2 is 1.81 bits per heavy atom. The van der Waals surface area contributed by atoms with Gasteiger partial charge in [0.15, 0.2) is 5.13 Å². The van der Waals surface area contributed by atoms with Crippen molar-refractivity contribution in [2.75, 3.05) is 10.6 Å². The molecule has 0 aliphatic carbocycles. The topological polar surface area (TPSA) is 106 Å². The van der Waals surface area contributed by atoms with Crippen LogP contribution in [-0.4, -0.2) is 19.9 Å². The average Bonchev–Trinajstić information content (AvgIpc) is 3.04. The Kier molecular flexibility index (Phi) is 4.65. The first-order chi connectivity index (χ1) is 13.1. The average molecular weight is 443 g/mol. The summed E-state index contributed by atoms with van der Waals surface area (Å²) in [5.74, 6) is 0.170. The molecule has 0 atom stereocenters. The maximum Gasteiger partial charge on any atom is 0.353 e. The molecule has 8 nitrogen and oxygen atoms in total. The zero-order valence-electron chi connectivity index (χ0n) is 13.6. The van der Waals surface area contributed by atoms with Gasteiger partial charge in [-0.2, -0.15) is 0 Å². The molecular weight excluding hydrogens is 432 g/mol. The van der Waals surface area contributed by atoms with Gasteiger partial charge in [0.05, 0.1) is 15.1 Å². The van der Waals surface area contributed by atoms with E-state index in [9.17, 15) is 10.1 Å². The van der Waals surface area contributed by atoms with E-state index in [0.29, 0.717) is 10.8 Å². The third kappa shape index (κ3) is 3.71. The molecule has 0 radical (unpaired) electrons. The number of thiazole rings is 1. The van der Waals surface area contributed by atoms with E-state index in [4.69, 9.17) is 0 Å². The number of fused-ring (bicyclic) bond motifs is 1. The van der Waals surface area contributed by atoms with Crippen molar-refractivity contribution in [2.24, 2.45) is 0 Å². The number of halogens is 1. The van der Waals surface area contributed by atoms with Crippen molar-refractivity contribution in [1.29, 1.82) is 0 Å². The molecule has 0 bridgehead atoms. The van der Waals surface area contributed by atoms with Crippen molar-refractivity contribution < 1.29 is 4.92 Å². The second-order valence-corrected chi connectivity index (χ2v) is 7.37. The zero-order valence-corrected chi connectivity index (χ0v) is 16.0. The van der Waals surface area contributed by atoms with Crippen LogP contribution in [-0.2, 0) is 0 Å². The molecule has 0 saturated heterocycles. The Bertz CT molecular complexity index is 1120. The van der Waals surface area contributed by atoms with Crippen LogP contribution in [0.15, 0.2) is 59.3 Å². The van der Waals surface area contributed by atoms with Crippen molar-refractivity contribution in [3.63, 3.8) is 0 Å². The Morgan fingerprint density at radius 3 is 2.56 bits per heavy atom. The van der Waals surface area contributed by atoms with Crippen LogP contribution in [0, 0.1) is 10.1 Å². The largest absolute Gasteiger partial charge is 0.353 e. The Hall–Kier alpha value is -3.11. The number of para-hydroxylation sites is 1. The normalized spacial score (nSPS) is 10.7. The number of aromatic nitrogens is 3. The lowest BCUT2D eigenvalue weighted by molar-refractivity contribution is -0.383. The van der Waals surface area contributed by atoms with E-state index in [1.165, 1.54) is 17.7 Å². The zero-order chi connectivity index (χ0) is 18.8. The summed E-state index contributed by atoms with van der Waals surface area (Å²) in [7, 11) is 0. The van der Waals surface area contributed by atoms with Gasteiger partial charge in [-0.25, -0.2) is 15.0 Å². The number of hydrogen-bond acceptors (Lipinski definition) is 8. The van der Waals surface area contributed by atoms with Gasteiger partial charge in [-0.1, -0.05) is 45.5 Å². The van der Waals surface area contributed by atoms with E-state index in [0.717, 1.165) is 14.7 Å². The lowest BCUT2D eigenvalue weighted by Crippen LogP contribution is -2.05. The SMILES string of the molecule is O=[N+]([O-])c1c(Nc2cccc(Br)c2)ncnc1Nc1nc2ccccc2s1. The molecule has 0 unspecified atom stereocenters. The van der Waals surface area contributed by atoms with Gasteiger partial charge in [0.2, 0.25) is 11.6 Å². The first kappa shape index (κ1) is 17.3. The fourth-order valence-corrected chi connectivity index (χ4v) is 3.73. The molecule has 2 N–H and O–H groups in total. The number of hydrogen-bond donors (Lipinski definition) is 2. The molecule has 0 fully saturated rings. The molecule has 10 heteroatoms. The van der Waals surface area contributed by atoms with E-state index in [-0.39, 0.29) is 17.3 Å². The summed E-state index contributed by atoms with van der Waals surface area (Å²) in [4.78, 5) is 23.7. The van der Waals surface area contributed by atoms with Gasteiger partial charge in [0, 0.05) is 10.2 Å². The summed E-state index contributed by atoms with van der Waals surface area (Å²) in [5.41, 5.74) is 1.23. The summed E-state index contributed by atoms with van der Waals surface area (Å²) >= 11 is 4.77. The summed E-state index contributed by atoms with van der Waals surface area (Å²) in [6.45, 7) is 0. The predicted octanol–water partition coefficient (Wildman–Crippen LogP) is 5.24. The van der Waals surface area contributed by atoms with Crippen LogP contribution in [0.4, 0.5) is 28.1 Å². The first-order valence-electron chi connectivity index (χ1n) is 7.75. The number of nitrogens with one attached hydrogen (secondary N) is 2. The Labute approximate surface area is 165 Å². The van der Waals surface area contributed by atoms with Gasteiger partial charge in [0.25, 0.3) is 0 Å². The van der Waals surface area contributed by atoms with Gasteiger partial charge in [0.1, 0.15) is 6.33 Å². The Morgan fingerprint density at radius 1 is 1.04 bits per heavy atom. The first-order valence-corrected chi connectivity index (χ1v) is 9.36. The van der Waals surface area contributed by atoms with Crippen LogP contribution in [0.25, 0.3) is 10.2 Å². The highest BCUT2D eigenvalue weighted by molar-refractivity contribution is 9.10.